The highest BCUT2D eigenvalue weighted by Crippen LogP contribution is 2.19. The second-order valence-electron chi connectivity index (χ2n) is 3.10. The van der Waals surface area contributed by atoms with Gasteiger partial charge < -0.3 is 5.32 Å². The Morgan fingerprint density at radius 3 is 2.87 bits per heavy atom. The fraction of sp³-hybridized carbons (Fsp3) is 0.0909. The van der Waals surface area contributed by atoms with Crippen molar-refractivity contribution in [3.63, 3.8) is 0 Å². The molecule has 2 aromatic rings. The fourth-order valence-corrected chi connectivity index (χ4v) is 2.07. The summed E-state index contributed by atoms with van der Waals surface area (Å²) in [6.07, 6.45) is 0. The second-order valence-corrected chi connectivity index (χ2v) is 4.29. The predicted octanol–water partition coefficient (Wildman–Crippen LogP) is 4.15. The molecule has 0 aliphatic rings. The van der Waals surface area contributed by atoms with E-state index in [2.05, 4.69) is 5.32 Å². The third-order valence-electron chi connectivity index (χ3n) is 2.02. The summed E-state index contributed by atoms with van der Waals surface area (Å²) in [6.45, 7) is 0.607. The molecule has 0 spiro atoms. The average molecular weight is 242 g/mol. The number of thiophene rings is 1. The maximum absolute atomic E-state index is 12.8. The molecular weight excluding hydrogens is 233 g/mol. The summed E-state index contributed by atoms with van der Waals surface area (Å²) < 4.78 is 12.8. The van der Waals surface area contributed by atoms with Gasteiger partial charge in [0.1, 0.15) is 5.82 Å². The number of hydrogen-bond donors (Lipinski definition) is 1. The van der Waals surface area contributed by atoms with E-state index in [0.717, 1.165) is 11.3 Å². The number of hydrogen-bond acceptors (Lipinski definition) is 2. The van der Waals surface area contributed by atoms with Crippen LogP contribution in [0.4, 0.5) is 10.1 Å². The molecule has 0 saturated carbocycles. The first-order chi connectivity index (χ1) is 7.25. The Morgan fingerprint density at radius 1 is 1.33 bits per heavy atom. The molecule has 1 nitrogen and oxygen atoms in total. The van der Waals surface area contributed by atoms with Crippen LogP contribution in [0.5, 0.6) is 0 Å². The summed E-state index contributed by atoms with van der Waals surface area (Å²) in [5.41, 5.74) is 1.95. The van der Waals surface area contributed by atoms with E-state index in [4.69, 9.17) is 11.6 Å². The van der Waals surface area contributed by atoms with Crippen molar-refractivity contribution in [2.24, 2.45) is 0 Å². The van der Waals surface area contributed by atoms with Gasteiger partial charge in [-0.05, 0) is 29.1 Å². The molecule has 0 bridgehead atoms. The number of benzene rings is 1. The van der Waals surface area contributed by atoms with E-state index in [0.29, 0.717) is 11.6 Å². The molecule has 0 fully saturated rings. The van der Waals surface area contributed by atoms with Crippen LogP contribution in [0.25, 0.3) is 0 Å². The zero-order valence-electron chi connectivity index (χ0n) is 7.84. The molecule has 15 heavy (non-hydrogen) atoms. The van der Waals surface area contributed by atoms with E-state index in [1.54, 1.807) is 17.4 Å². The number of nitrogens with one attached hydrogen (secondary N) is 1. The van der Waals surface area contributed by atoms with Gasteiger partial charge in [0.25, 0.3) is 0 Å². The lowest BCUT2D eigenvalue weighted by Gasteiger charge is -2.06. The number of anilines is 1. The van der Waals surface area contributed by atoms with Crippen molar-refractivity contribution in [2.45, 2.75) is 6.54 Å². The van der Waals surface area contributed by atoms with Crippen molar-refractivity contribution >= 4 is 28.6 Å². The summed E-state index contributed by atoms with van der Waals surface area (Å²) in [4.78, 5) is 0. The highest BCUT2D eigenvalue weighted by molar-refractivity contribution is 7.08. The average Bonchev–Trinajstić information content (AvgIpc) is 2.69. The maximum atomic E-state index is 12.8. The van der Waals surface area contributed by atoms with Gasteiger partial charge in [-0.15, -0.1) is 0 Å². The van der Waals surface area contributed by atoms with Gasteiger partial charge in [0, 0.05) is 22.6 Å². The first-order valence-corrected chi connectivity index (χ1v) is 5.78. The van der Waals surface area contributed by atoms with Crippen LogP contribution in [0.3, 0.4) is 0 Å². The van der Waals surface area contributed by atoms with Crippen LogP contribution in [0, 0.1) is 5.82 Å². The highest BCUT2D eigenvalue weighted by atomic mass is 35.5. The minimum absolute atomic E-state index is 0.306. The molecule has 0 unspecified atom stereocenters. The summed E-state index contributed by atoms with van der Waals surface area (Å²) in [6, 6.07) is 6.42. The van der Waals surface area contributed by atoms with E-state index in [-0.39, 0.29) is 5.82 Å². The first-order valence-electron chi connectivity index (χ1n) is 4.46. The zero-order chi connectivity index (χ0) is 10.7. The van der Waals surface area contributed by atoms with Crippen molar-refractivity contribution in [2.75, 3.05) is 5.32 Å². The minimum Gasteiger partial charge on any atom is -0.380 e. The lowest BCUT2D eigenvalue weighted by molar-refractivity contribution is 0.627. The van der Waals surface area contributed by atoms with E-state index in [1.165, 1.54) is 12.1 Å². The van der Waals surface area contributed by atoms with Crippen LogP contribution in [0.15, 0.2) is 35.0 Å². The van der Waals surface area contributed by atoms with E-state index >= 15 is 0 Å². The largest absolute Gasteiger partial charge is 0.380 e. The third kappa shape index (κ3) is 2.70. The molecule has 1 heterocycles. The van der Waals surface area contributed by atoms with Gasteiger partial charge in [0.2, 0.25) is 0 Å². The lowest BCUT2D eigenvalue weighted by Crippen LogP contribution is -1.98. The van der Waals surface area contributed by atoms with E-state index in [1.807, 2.05) is 16.8 Å². The molecule has 1 aromatic heterocycles. The monoisotopic (exact) mass is 241 g/mol. The van der Waals surface area contributed by atoms with Crippen LogP contribution in [0.1, 0.15) is 5.56 Å². The van der Waals surface area contributed by atoms with Crippen LogP contribution in [-0.2, 0) is 6.54 Å². The maximum Gasteiger partial charge on any atom is 0.124 e. The van der Waals surface area contributed by atoms with Crippen molar-refractivity contribution < 1.29 is 4.39 Å². The zero-order valence-corrected chi connectivity index (χ0v) is 9.41. The summed E-state index contributed by atoms with van der Waals surface area (Å²) in [5, 5.41) is 7.67. The quantitative estimate of drug-likeness (QED) is 0.851. The molecule has 0 radical (unpaired) electrons. The molecule has 0 atom stereocenters. The Kier molecular flexibility index (Phi) is 3.23. The molecular formula is C11H9ClFNS. The third-order valence-corrected chi connectivity index (χ3v) is 3.05. The van der Waals surface area contributed by atoms with E-state index < -0.39 is 0 Å². The molecule has 78 valence electrons. The van der Waals surface area contributed by atoms with Gasteiger partial charge in [-0.25, -0.2) is 4.39 Å². The molecule has 0 aliphatic heterocycles. The Bertz CT molecular complexity index is 442. The fourth-order valence-electron chi connectivity index (χ4n) is 1.23. The van der Waals surface area contributed by atoms with Crippen LogP contribution < -0.4 is 5.32 Å². The molecule has 2 rings (SSSR count). The number of rotatable bonds is 3. The molecule has 4 heteroatoms. The first kappa shape index (κ1) is 10.5. The Balaban J connectivity index is 2.05. The summed E-state index contributed by atoms with van der Waals surface area (Å²) in [7, 11) is 0. The van der Waals surface area contributed by atoms with Gasteiger partial charge in [0.15, 0.2) is 0 Å². The molecule has 0 amide bonds. The Labute approximate surface area is 96.5 Å². The van der Waals surface area contributed by atoms with Crippen molar-refractivity contribution in [3.05, 3.63) is 51.4 Å². The van der Waals surface area contributed by atoms with Crippen LogP contribution in [0.2, 0.25) is 5.02 Å². The SMILES string of the molecule is Fc1ccc(CNc2ccsc2)c(Cl)c1. The van der Waals surface area contributed by atoms with Crippen LogP contribution >= 0.6 is 22.9 Å². The van der Waals surface area contributed by atoms with Gasteiger partial charge in [0.05, 0.1) is 0 Å². The minimum atomic E-state index is -0.306. The normalized spacial score (nSPS) is 10.3. The Morgan fingerprint density at radius 2 is 2.20 bits per heavy atom. The standard InChI is InChI=1S/C11H9ClFNS/c12-11-5-9(13)2-1-8(11)6-14-10-3-4-15-7-10/h1-5,7,14H,6H2. The highest BCUT2D eigenvalue weighted by Gasteiger charge is 2.01. The molecule has 0 saturated heterocycles. The Hall–Kier alpha value is -1.06. The van der Waals surface area contributed by atoms with Crippen molar-refractivity contribution in [1.82, 2.24) is 0 Å². The lowest BCUT2D eigenvalue weighted by atomic mass is 10.2. The van der Waals surface area contributed by atoms with Crippen molar-refractivity contribution in [1.29, 1.82) is 0 Å². The topological polar surface area (TPSA) is 12.0 Å². The van der Waals surface area contributed by atoms with Gasteiger partial charge in [-0.2, -0.15) is 11.3 Å². The van der Waals surface area contributed by atoms with Crippen molar-refractivity contribution in [3.8, 4) is 0 Å². The van der Waals surface area contributed by atoms with Gasteiger partial charge >= 0.3 is 0 Å². The van der Waals surface area contributed by atoms with Gasteiger partial charge in [-0.3, -0.25) is 0 Å². The predicted molar refractivity (Wildman–Crippen MR) is 63.1 cm³/mol. The van der Waals surface area contributed by atoms with E-state index in [9.17, 15) is 4.39 Å². The second kappa shape index (κ2) is 4.64. The molecule has 0 aliphatic carbocycles. The van der Waals surface area contributed by atoms with Gasteiger partial charge in [-0.1, -0.05) is 17.7 Å². The molecule has 1 N–H and O–H groups in total. The summed E-state index contributed by atoms with van der Waals surface area (Å²) >= 11 is 7.52. The summed E-state index contributed by atoms with van der Waals surface area (Å²) in [5.74, 6) is -0.306. The smallest absolute Gasteiger partial charge is 0.124 e. The molecule has 1 aromatic carbocycles. The van der Waals surface area contributed by atoms with Crippen LogP contribution in [-0.4, -0.2) is 0 Å². The number of halogens is 2.